The van der Waals surface area contributed by atoms with Gasteiger partial charge in [-0.2, -0.15) is 0 Å². The van der Waals surface area contributed by atoms with Crippen molar-refractivity contribution in [1.29, 1.82) is 0 Å². The molecular formula is C11H10N2. The van der Waals surface area contributed by atoms with Gasteiger partial charge in [0.05, 0.1) is 0 Å². The van der Waals surface area contributed by atoms with E-state index in [1.807, 2.05) is 12.4 Å². The second-order valence-electron chi connectivity index (χ2n) is 3.40. The zero-order valence-electron chi connectivity index (χ0n) is 7.20. The zero-order chi connectivity index (χ0) is 8.67. The number of benzene rings is 1. The van der Waals surface area contributed by atoms with Gasteiger partial charge in [0.25, 0.3) is 0 Å². The maximum atomic E-state index is 4.11. The number of nitrogens with one attached hydrogen (secondary N) is 1. The summed E-state index contributed by atoms with van der Waals surface area (Å²) >= 11 is 0. The number of rotatable bonds is 1. The highest BCUT2D eigenvalue weighted by Crippen LogP contribution is 2.28. The van der Waals surface area contributed by atoms with Crippen LogP contribution >= 0.6 is 0 Å². The fraction of sp³-hybridized carbons (Fsp3) is 0.182. The van der Waals surface area contributed by atoms with E-state index in [0.29, 0.717) is 6.04 Å². The van der Waals surface area contributed by atoms with Gasteiger partial charge < -0.3 is 5.32 Å². The van der Waals surface area contributed by atoms with Crippen molar-refractivity contribution < 1.29 is 0 Å². The molecule has 1 atom stereocenters. The Morgan fingerprint density at radius 1 is 1.31 bits per heavy atom. The van der Waals surface area contributed by atoms with E-state index in [9.17, 15) is 0 Å². The van der Waals surface area contributed by atoms with Gasteiger partial charge in [-0.3, -0.25) is 4.98 Å². The molecule has 13 heavy (non-hydrogen) atoms. The van der Waals surface area contributed by atoms with Gasteiger partial charge in [-0.25, -0.2) is 0 Å². The first-order valence-corrected chi connectivity index (χ1v) is 4.51. The number of hydrogen-bond acceptors (Lipinski definition) is 2. The molecule has 3 rings (SSSR count). The first-order chi connectivity index (χ1) is 6.45. The molecule has 2 aromatic rings. The fourth-order valence-electron chi connectivity index (χ4n) is 1.73. The standard InChI is InChI=1S/C11H10N2/c1-2-8-6-12-5-4-9(8)10(3-1)11-7-13-11/h1-6,11,13H,7H2. The van der Waals surface area contributed by atoms with Gasteiger partial charge in [0, 0.05) is 30.4 Å². The second kappa shape index (κ2) is 2.54. The topological polar surface area (TPSA) is 34.8 Å². The van der Waals surface area contributed by atoms with Gasteiger partial charge in [0.1, 0.15) is 0 Å². The van der Waals surface area contributed by atoms with Crippen molar-refractivity contribution >= 4 is 10.8 Å². The lowest BCUT2D eigenvalue weighted by atomic mass is 10.0. The summed E-state index contributed by atoms with van der Waals surface area (Å²) in [7, 11) is 0. The summed E-state index contributed by atoms with van der Waals surface area (Å²) in [6.07, 6.45) is 3.77. The smallest absolute Gasteiger partial charge is 0.0453 e. The molecule has 1 aromatic heterocycles. The predicted molar refractivity (Wildman–Crippen MR) is 52.5 cm³/mol. The van der Waals surface area contributed by atoms with Crippen LogP contribution in [-0.4, -0.2) is 11.5 Å². The number of aromatic nitrogens is 1. The van der Waals surface area contributed by atoms with E-state index >= 15 is 0 Å². The summed E-state index contributed by atoms with van der Waals surface area (Å²) in [5.41, 5.74) is 1.40. The van der Waals surface area contributed by atoms with Crippen molar-refractivity contribution in [2.45, 2.75) is 6.04 Å². The van der Waals surface area contributed by atoms with Crippen LogP contribution in [0, 0.1) is 0 Å². The number of pyridine rings is 1. The second-order valence-corrected chi connectivity index (χ2v) is 3.40. The van der Waals surface area contributed by atoms with Crippen molar-refractivity contribution in [3.05, 3.63) is 42.2 Å². The summed E-state index contributed by atoms with van der Waals surface area (Å²) in [6.45, 7) is 1.11. The normalized spacial score (nSPS) is 20.5. The Bertz CT molecular complexity index is 441. The van der Waals surface area contributed by atoms with Crippen molar-refractivity contribution in [2.75, 3.05) is 6.54 Å². The van der Waals surface area contributed by atoms with Crippen LogP contribution in [0.1, 0.15) is 11.6 Å². The third kappa shape index (κ3) is 1.11. The van der Waals surface area contributed by atoms with Gasteiger partial charge in [0.15, 0.2) is 0 Å². The Balaban J connectivity index is 2.32. The SMILES string of the molecule is c1cc(C2CN2)c2ccncc2c1. The Kier molecular flexibility index (Phi) is 1.37. The Morgan fingerprint density at radius 3 is 3.08 bits per heavy atom. The highest BCUT2D eigenvalue weighted by molar-refractivity contribution is 5.85. The Morgan fingerprint density at radius 2 is 2.23 bits per heavy atom. The molecule has 64 valence electrons. The molecule has 0 saturated carbocycles. The molecule has 2 heterocycles. The van der Waals surface area contributed by atoms with Crippen LogP contribution in [0.5, 0.6) is 0 Å². The van der Waals surface area contributed by atoms with Gasteiger partial charge in [-0.15, -0.1) is 0 Å². The average Bonchev–Trinajstić information content (AvgIpc) is 3.00. The van der Waals surface area contributed by atoms with Crippen molar-refractivity contribution in [3.8, 4) is 0 Å². The molecule has 0 bridgehead atoms. The first kappa shape index (κ1) is 7.04. The van der Waals surface area contributed by atoms with Crippen molar-refractivity contribution in [3.63, 3.8) is 0 Å². The number of fused-ring (bicyclic) bond motifs is 1. The molecule has 1 N–H and O–H groups in total. The van der Waals surface area contributed by atoms with Crippen LogP contribution in [0.15, 0.2) is 36.7 Å². The van der Waals surface area contributed by atoms with Crippen LogP contribution < -0.4 is 5.32 Å². The van der Waals surface area contributed by atoms with E-state index in [4.69, 9.17) is 0 Å². The minimum absolute atomic E-state index is 0.575. The largest absolute Gasteiger partial charge is 0.307 e. The molecule has 0 amide bonds. The summed E-state index contributed by atoms with van der Waals surface area (Å²) in [4.78, 5) is 4.11. The van der Waals surface area contributed by atoms with Crippen LogP contribution in [0.4, 0.5) is 0 Å². The van der Waals surface area contributed by atoms with E-state index in [0.717, 1.165) is 6.54 Å². The van der Waals surface area contributed by atoms with Gasteiger partial charge in [-0.1, -0.05) is 18.2 Å². The Hall–Kier alpha value is -1.41. The highest BCUT2D eigenvalue weighted by atomic mass is 15.1. The van der Waals surface area contributed by atoms with E-state index in [1.54, 1.807) is 0 Å². The zero-order valence-corrected chi connectivity index (χ0v) is 7.20. The quantitative estimate of drug-likeness (QED) is 0.663. The van der Waals surface area contributed by atoms with E-state index in [1.165, 1.54) is 16.3 Å². The molecule has 2 heteroatoms. The molecular weight excluding hydrogens is 160 g/mol. The van der Waals surface area contributed by atoms with Crippen LogP contribution in [0.25, 0.3) is 10.8 Å². The summed E-state index contributed by atoms with van der Waals surface area (Å²) in [6, 6.07) is 9.05. The molecule has 1 fully saturated rings. The minimum atomic E-state index is 0.575. The van der Waals surface area contributed by atoms with Crippen molar-refractivity contribution in [1.82, 2.24) is 10.3 Å². The first-order valence-electron chi connectivity index (χ1n) is 4.51. The maximum absolute atomic E-state index is 4.11. The maximum Gasteiger partial charge on any atom is 0.0453 e. The van der Waals surface area contributed by atoms with Gasteiger partial charge in [0.2, 0.25) is 0 Å². The van der Waals surface area contributed by atoms with Gasteiger partial charge >= 0.3 is 0 Å². The molecule has 1 aromatic carbocycles. The molecule has 0 radical (unpaired) electrons. The minimum Gasteiger partial charge on any atom is -0.307 e. The lowest BCUT2D eigenvalue weighted by Crippen LogP contribution is -1.86. The number of hydrogen-bond donors (Lipinski definition) is 1. The fourth-order valence-corrected chi connectivity index (χ4v) is 1.73. The van der Waals surface area contributed by atoms with Crippen LogP contribution in [0.3, 0.4) is 0 Å². The van der Waals surface area contributed by atoms with Crippen molar-refractivity contribution in [2.24, 2.45) is 0 Å². The van der Waals surface area contributed by atoms with Gasteiger partial charge in [-0.05, 0) is 17.0 Å². The third-order valence-corrected chi connectivity index (χ3v) is 2.50. The number of nitrogens with zero attached hydrogens (tertiary/aromatic N) is 1. The van der Waals surface area contributed by atoms with Crippen LogP contribution in [-0.2, 0) is 0 Å². The monoisotopic (exact) mass is 170 g/mol. The Labute approximate surface area is 76.6 Å². The molecule has 0 aliphatic carbocycles. The van der Waals surface area contributed by atoms with E-state index in [-0.39, 0.29) is 0 Å². The molecule has 1 aliphatic heterocycles. The predicted octanol–water partition coefficient (Wildman–Crippen LogP) is 1.88. The highest BCUT2D eigenvalue weighted by Gasteiger charge is 2.23. The average molecular weight is 170 g/mol. The summed E-state index contributed by atoms with van der Waals surface area (Å²) < 4.78 is 0. The summed E-state index contributed by atoms with van der Waals surface area (Å²) in [5, 5.41) is 5.88. The molecule has 1 saturated heterocycles. The lowest BCUT2D eigenvalue weighted by Gasteiger charge is -2.02. The van der Waals surface area contributed by atoms with Crippen LogP contribution in [0.2, 0.25) is 0 Å². The molecule has 0 spiro atoms. The van der Waals surface area contributed by atoms with E-state index < -0.39 is 0 Å². The lowest BCUT2D eigenvalue weighted by molar-refractivity contribution is 1.09. The molecule has 1 unspecified atom stereocenters. The van der Waals surface area contributed by atoms with E-state index in [2.05, 4.69) is 34.6 Å². The molecule has 1 aliphatic rings. The summed E-state index contributed by atoms with van der Waals surface area (Å²) in [5.74, 6) is 0. The molecule has 2 nitrogen and oxygen atoms in total. The third-order valence-electron chi connectivity index (χ3n) is 2.50.